The molecule has 8 heteroatoms. The van der Waals surface area contributed by atoms with Crippen molar-refractivity contribution >= 4 is 18.2 Å². The molecule has 0 aliphatic rings. The van der Waals surface area contributed by atoms with E-state index in [0.717, 1.165) is 0 Å². The number of carbonyl (C=O) groups excluding carboxylic acids is 1. The van der Waals surface area contributed by atoms with Gasteiger partial charge in [0.25, 0.3) is 0 Å². The average molecular weight is 260 g/mol. The van der Waals surface area contributed by atoms with E-state index in [1.165, 1.54) is 6.08 Å². The van der Waals surface area contributed by atoms with Gasteiger partial charge in [0.15, 0.2) is 0 Å². The van der Waals surface area contributed by atoms with Crippen molar-refractivity contribution in [3.05, 3.63) is 12.7 Å². The quantitative estimate of drug-likeness (QED) is 0.370. The van der Waals surface area contributed by atoms with Gasteiger partial charge < -0.3 is 25.6 Å². The summed E-state index contributed by atoms with van der Waals surface area (Å²) in [5, 5.41) is 21.4. The molecule has 1 atom stereocenters. The van der Waals surface area contributed by atoms with Crippen molar-refractivity contribution in [2.24, 2.45) is 0 Å². The zero-order valence-electron chi connectivity index (χ0n) is 9.72. The van der Waals surface area contributed by atoms with E-state index in [4.69, 9.17) is 10.2 Å². The summed E-state index contributed by atoms with van der Waals surface area (Å²) in [6, 6.07) is -1.11. The van der Waals surface area contributed by atoms with Crippen LogP contribution in [0.25, 0.3) is 0 Å². The second kappa shape index (κ2) is 8.85. The average Bonchev–Trinajstić information content (AvgIpc) is 2.29. The van der Waals surface area contributed by atoms with Gasteiger partial charge in [-0.1, -0.05) is 12.7 Å². The molecule has 0 bridgehead atoms. The second-order valence-electron chi connectivity index (χ2n) is 3.30. The minimum atomic E-state index is -1.21. The van der Waals surface area contributed by atoms with E-state index in [9.17, 15) is 14.4 Å². The van der Waals surface area contributed by atoms with Crippen LogP contribution in [0.1, 0.15) is 12.8 Å². The molecule has 4 N–H and O–H groups in total. The number of carboxylic acids is 1. The summed E-state index contributed by atoms with van der Waals surface area (Å²) < 4.78 is 4.58. The van der Waals surface area contributed by atoms with Crippen molar-refractivity contribution in [3.8, 4) is 0 Å². The Morgan fingerprint density at radius 1 is 1.33 bits per heavy atom. The van der Waals surface area contributed by atoms with Gasteiger partial charge in [0.1, 0.15) is 12.6 Å². The third kappa shape index (κ3) is 7.97. The minimum Gasteiger partial charge on any atom is -0.480 e. The molecule has 0 saturated carbocycles. The predicted octanol–water partition coefficient (Wildman–Crippen LogP) is 0.400. The Morgan fingerprint density at radius 2 is 2.00 bits per heavy atom. The summed E-state index contributed by atoms with van der Waals surface area (Å²) >= 11 is 0. The number of carboxylic acid groups (broad SMARTS) is 2. The van der Waals surface area contributed by atoms with Gasteiger partial charge in [-0.15, -0.1) is 0 Å². The number of nitrogens with one attached hydrogen (secondary N) is 2. The fourth-order valence-corrected chi connectivity index (χ4v) is 1.08. The molecule has 0 fully saturated rings. The number of hydrogen-bond donors (Lipinski definition) is 4. The smallest absolute Gasteiger partial charge is 0.408 e. The molecule has 0 aromatic rings. The Kier molecular flexibility index (Phi) is 7.74. The lowest BCUT2D eigenvalue weighted by Gasteiger charge is -2.13. The third-order valence-electron chi connectivity index (χ3n) is 1.87. The van der Waals surface area contributed by atoms with Gasteiger partial charge in [-0.2, -0.15) is 0 Å². The number of amides is 2. The van der Waals surface area contributed by atoms with Crippen molar-refractivity contribution in [2.45, 2.75) is 18.9 Å². The summed E-state index contributed by atoms with van der Waals surface area (Å²) in [4.78, 5) is 32.1. The van der Waals surface area contributed by atoms with Gasteiger partial charge in [-0.3, -0.25) is 0 Å². The lowest BCUT2D eigenvalue weighted by atomic mass is 10.1. The van der Waals surface area contributed by atoms with Crippen LogP contribution in [0.3, 0.4) is 0 Å². The van der Waals surface area contributed by atoms with Gasteiger partial charge in [0.05, 0.1) is 0 Å². The Morgan fingerprint density at radius 3 is 2.50 bits per heavy atom. The van der Waals surface area contributed by atoms with E-state index in [2.05, 4.69) is 21.9 Å². The summed E-state index contributed by atoms with van der Waals surface area (Å²) in [6.45, 7) is 3.44. The number of ether oxygens (including phenoxy) is 1. The van der Waals surface area contributed by atoms with Crippen molar-refractivity contribution in [1.82, 2.24) is 10.6 Å². The number of rotatable bonds is 8. The fourth-order valence-electron chi connectivity index (χ4n) is 1.08. The molecule has 0 saturated heterocycles. The van der Waals surface area contributed by atoms with Gasteiger partial charge in [0.2, 0.25) is 0 Å². The lowest BCUT2D eigenvalue weighted by Crippen LogP contribution is -2.41. The van der Waals surface area contributed by atoms with Crippen LogP contribution in [0, 0.1) is 0 Å². The first-order chi connectivity index (χ1) is 8.47. The molecule has 0 aromatic carbocycles. The van der Waals surface area contributed by atoms with E-state index in [-0.39, 0.29) is 26.0 Å². The Bertz CT molecular complexity index is 317. The zero-order valence-corrected chi connectivity index (χ0v) is 9.72. The molecule has 0 radical (unpaired) electrons. The van der Waals surface area contributed by atoms with Crippen LogP contribution in [0.2, 0.25) is 0 Å². The SMILES string of the molecule is C=CCOC(=O)N[C@@H](CCCNC(=O)O)C(=O)O. The van der Waals surface area contributed by atoms with Crippen molar-refractivity contribution < 1.29 is 29.3 Å². The van der Waals surface area contributed by atoms with Crippen molar-refractivity contribution in [3.63, 3.8) is 0 Å². The first-order valence-corrected chi connectivity index (χ1v) is 5.21. The number of hydrogen-bond acceptors (Lipinski definition) is 4. The van der Waals surface area contributed by atoms with Crippen LogP contribution in [0.5, 0.6) is 0 Å². The van der Waals surface area contributed by atoms with E-state index in [1.807, 2.05) is 0 Å². The second-order valence-corrected chi connectivity index (χ2v) is 3.30. The standard InChI is InChI=1S/C10H16N2O6/c1-2-6-18-10(17)12-7(8(13)14)4-3-5-11-9(15)16/h2,7,11H,1,3-6H2,(H,12,17)(H,13,14)(H,15,16)/t7-/m0/s1. The molecule has 0 spiro atoms. The van der Waals surface area contributed by atoms with E-state index in [1.54, 1.807) is 0 Å². The van der Waals surface area contributed by atoms with Gasteiger partial charge in [0, 0.05) is 6.54 Å². The number of aliphatic carboxylic acids is 1. The van der Waals surface area contributed by atoms with Gasteiger partial charge >= 0.3 is 18.2 Å². The monoisotopic (exact) mass is 260 g/mol. The zero-order chi connectivity index (χ0) is 14.0. The predicted molar refractivity (Wildman–Crippen MR) is 61.4 cm³/mol. The van der Waals surface area contributed by atoms with Crippen LogP contribution in [0.4, 0.5) is 9.59 Å². The van der Waals surface area contributed by atoms with Crippen LogP contribution in [-0.2, 0) is 9.53 Å². The van der Waals surface area contributed by atoms with Crippen LogP contribution < -0.4 is 10.6 Å². The van der Waals surface area contributed by atoms with E-state index < -0.39 is 24.2 Å². The molecule has 0 aromatic heterocycles. The molecule has 0 aliphatic heterocycles. The number of carbonyl (C=O) groups is 3. The minimum absolute atomic E-state index is 0.0151. The molecule has 2 amide bonds. The van der Waals surface area contributed by atoms with Crippen LogP contribution >= 0.6 is 0 Å². The molecule has 0 aliphatic carbocycles. The fraction of sp³-hybridized carbons (Fsp3) is 0.500. The largest absolute Gasteiger partial charge is 0.480 e. The lowest BCUT2D eigenvalue weighted by molar-refractivity contribution is -0.139. The van der Waals surface area contributed by atoms with Crippen LogP contribution in [-0.4, -0.2) is 47.6 Å². The maximum absolute atomic E-state index is 11.1. The third-order valence-corrected chi connectivity index (χ3v) is 1.87. The maximum Gasteiger partial charge on any atom is 0.408 e. The molecule has 0 unspecified atom stereocenters. The topological polar surface area (TPSA) is 125 Å². The summed E-state index contributed by atoms with van der Waals surface area (Å²) in [5.74, 6) is -1.21. The van der Waals surface area contributed by atoms with Crippen LogP contribution in [0.15, 0.2) is 12.7 Å². The van der Waals surface area contributed by atoms with Gasteiger partial charge in [-0.05, 0) is 12.8 Å². The van der Waals surface area contributed by atoms with E-state index in [0.29, 0.717) is 0 Å². The molecular formula is C10H16N2O6. The molecule has 18 heavy (non-hydrogen) atoms. The number of alkyl carbamates (subject to hydrolysis) is 1. The first kappa shape index (κ1) is 15.8. The van der Waals surface area contributed by atoms with Crippen molar-refractivity contribution in [1.29, 1.82) is 0 Å². The van der Waals surface area contributed by atoms with E-state index >= 15 is 0 Å². The Hall–Kier alpha value is -2.25. The highest BCUT2D eigenvalue weighted by molar-refractivity contribution is 5.79. The molecular weight excluding hydrogens is 244 g/mol. The highest BCUT2D eigenvalue weighted by atomic mass is 16.5. The summed E-state index contributed by atoms with van der Waals surface area (Å²) in [5.41, 5.74) is 0. The maximum atomic E-state index is 11.1. The molecule has 0 rings (SSSR count). The highest BCUT2D eigenvalue weighted by Crippen LogP contribution is 1.98. The summed E-state index contributed by atoms with van der Waals surface area (Å²) in [7, 11) is 0. The Labute approximate surface area is 104 Å². The Balaban J connectivity index is 3.99. The normalized spacial score (nSPS) is 11.1. The molecule has 102 valence electrons. The summed E-state index contributed by atoms with van der Waals surface area (Å²) in [6.07, 6.45) is -0.302. The molecule has 8 nitrogen and oxygen atoms in total. The van der Waals surface area contributed by atoms with Gasteiger partial charge in [-0.25, -0.2) is 14.4 Å². The highest BCUT2D eigenvalue weighted by Gasteiger charge is 2.19. The van der Waals surface area contributed by atoms with Crippen molar-refractivity contribution in [2.75, 3.05) is 13.2 Å². The molecule has 0 heterocycles. The first-order valence-electron chi connectivity index (χ1n) is 5.21.